The van der Waals surface area contributed by atoms with Crippen molar-refractivity contribution in [1.82, 2.24) is 0 Å². The van der Waals surface area contributed by atoms with E-state index in [1.54, 1.807) is 0 Å². The zero-order valence-corrected chi connectivity index (χ0v) is 27.8. The zero-order valence-electron chi connectivity index (χ0n) is 27.8. The van der Waals surface area contributed by atoms with Gasteiger partial charge in [-0.3, -0.25) is 0 Å². The number of fused-ring (bicyclic) bond motifs is 7. The van der Waals surface area contributed by atoms with E-state index < -0.39 is 0 Å². The first kappa shape index (κ1) is 28.2. The maximum Gasteiger partial charge on any atom is 0.260 e. The summed E-state index contributed by atoms with van der Waals surface area (Å²) < 4.78 is 13.6. The average molecular weight is 629 g/mol. The molecule has 0 N–H and O–H groups in total. The van der Waals surface area contributed by atoms with E-state index in [1.165, 1.54) is 65.5 Å². The molecule has 0 fully saturated rings. The van der Waals surface area contributed by atoms with Crippen molar-refractivity contribution < 1.29 is 9.47 Å². The van der Waals surface area contributed by atoms with Crippen LogP contribution >= 0.6 is 0 Å². The van der Waals surface area contributed by atoms with Gasteiger partial charge in [-0.15, -0.1) is 0 Å². The van der Waals surface area contributed by atoms with Gasteiger partial charge < -0.3 is 9.47 Å². The van der Waals surface area contributed by atoms with Crippen molar-refractivity contribution >= 4 is 55.4 Å². The van der Waals surface area contributed by atoms with Crippen LogP contribution in [0.25, 0.3) is 54.6 Å². The highest BCUT2D eigenvalue weighted by Crippen LogP contribution is 2.46. The molecule has 8 aromatic carbocycles. The van der Waals surface area contributed by atoms with Gasteiger partial charge >= 0.3 is 0 Å². The molecule has 0 bridgehead atoms. The quantitative estimate of drug-likeness (QED) is 0.140. The van der Waals surface area contributed by atoms with Crippen LogP contribution in [-0.4, -0.2) is 6.71 Å². The molecule has 3 heteroatoms. The van der Waals surface area contributed by atoms with Crippen LogP contribution in [0.5, 0.6) is 23.0 Å². The second kappa shape index (κ2) is 10.4. The summed E-state index contributed by atoms with van der Waals surface area (Å²) in [5.41, 5.74) is 9.53. The van der Waals surface area contributed by atoms with E-state index in [9.17, 15) is 0 Å². The first-order valence-corrected chi connectivity index (χ1v) is 17.1. The summed E-state index contributed by atoms with van der Waals surface area (Å²) in [7, 11) is 0. The molecule has 0 amide bonds. The number of hydrogen-bond acceptors (Lipinski definition) is 2. The minimum atomic E-state index is 0.0216. The summed E-state index contributed by atoms with van der Waals surface area (Å²) in [5, 5.41) is 7.34. The molecule has 2 aliphatic rings. The average Bonchev–Trinajstić information content (AvgIpc) is 3.12. The van der Waals surface area contributed by atoms with E-state index in [4.69, 9.17) is 9.47 Å². The molecule has 0 saturated carbocycles. The molecule has 0 aromatic heterocycles. The molecule has 10 rings (SSSR count). The third kappa shape index (κ3) is 4.28. The Morgan fingerprint density at radius 1 is 0.429 bits per heavy atom. The van der Waals surface area contributed by atoms with E-state index >= 15 is 0 Å². The van der Waals surface area contributed by atoms with Crippen LogP contribution in [0.4, 0.5) is 0 Å². The molecule has 49 heavy (non-hydrogen) atoms. The minimum absolute atomic E-state index is 0.0216. The van der Waals surface area contributed by atoms with Crippen molar-refractivity contribution in [2.45, 2.75) is 26.2 Å². The van der Waals surface area contributed by atoms with Crippen LogP contribution in [0, 0.1) is 0 Å². The van der Waals surface area contributed by atoms with Gasteiger partial charge in [-0.25, -0.2) is 0 Å². The summed E-state index contributed by atoms with van der Waals surface area (Å²) in [4.78, 5) is 0. The molecular weight excluding hydrogens is 595 g/mol. The Kier molecular flexibility index (Phi) is 5.96. The van der Waals surface area contributed by atoms with E-state index in [2.05, 4.69) is 166 Å². The van der Waals surface area contributed by atoms with Crippen LogP contribution in [0.3, 0.4) is 0 Å². The topological polar surface area (TPSA) is 18.5 Å². The maximum absolute atomic E-state index is 6.85. The Labute approximate surface area is 286 Å². The molecule has 0 atom stereocenters. The minimum Gasteiger partial charge on any atom is -0.458 e. The largest absolute Gasteiger partial charge is 0.458 e. The summed E-state index contributed by atoms with van der Waals surface area (Å²) in [6, 6.07) is 52.7. The summed E-state index contributed by atoms with van der Waals surface area (Å²) in [5.74, 6) is 3.52. The maximum atomic E-state index is 6.85. The fourth-order valence-electron chi connectivity index (χ4n) is 8.15. The molecule has 0 unspecified atom stereocenters. The Hall–Kier alpha value is -5.80. The molecule has 0 aliphatic carbocycles. The van der Waals surface area contributed by atoms with Gasteiger partial charge in [0, 0.05) is 5.46 Å². The van der Waals surface area contributed by atoms with Gasteiger partial charge in [-0.2, -0.15) is 0 Å². The highest BCUT2D eigenvalue weighted by atomic mass is 16.5. The highest BCUT2D eigenvalue weighted by Gasteiger charge is 2.41. The van der Waals surface area contributed by atoms with Crippen molar-refractivity contribution in [3.63, 3.8) is 0 Å². The zero-order chi connectivity index (χ0) is 32.9. The SMILES string of the molecule is CC(C)(C)c1ccc2c(c1)B1c3ccccc3Oc3cc(-c4c5ccccc5c(-c5ccc6ccccc6c5)c5ccccc45)cc(c31)O2. The van der Waals surface area contributed by atoms with E-state index in [0.717, 1.165) is 34.0 Å². The van der Waals surface area contributed by atoms with Crippen molar-refractivity contribution in [2.75, 3.05) is 0 Å². The Bertz CT molecular complexity index is 2590. The summed E-state index contributed by atoms with van der Waals surface area (Å²) in [6.07, 6.45) is 0. The standard InChI is InChI=1S/C46H33BO2/c1-46(2,3)32-22-23-40-38(27-32)47-37-18-10-11-19-39(37)48-41-25-31(26-42(49-40)45(41)47)44-35-16-8-6-14-33(35)43(34-15-7-9-17-36(34)44)30-21-20-28-12-4-5-13-29(28)24-30/h4-27H,1-3H3. The fraction of sp³-hybridized carbons (Fsp3) is 0.0870. The van der Waals surface area contributed by atoms with Crippen molar-refractivity contribution in [1.29, 1.82) is 0 Å². The van der Waals surface area contributed by atoms with Gasteiger partial charge in [-0.05, 0) is 107 Å². The Morgan fingerprint density at radius 3 is 1.63 bits per heavy atom. The first-order valence-electron chi connectivity index (χ1n) is 17.1. The highest BCUT2D eigenvalue weighted by molar-refractivity contribution is 6.98. The third-order valence-corrected chi connectivity index (χ3v) is 10.5. The predicted octanol–water partition coefficient (Wildman–Crippen LogP) is 10.5. The molecule has 0 radical (unpaired) electrons. The van der Waals surface area contributed by atoms with Gasteiger partial charge in [0.15, 0.2) is 0 Å². The van der Waals surface area contributed by atoms with Crippen LogP contribution in [-0.2, 0) is 5.41 Å². The number of hydrogen-bond donors (Lipinski definition) is 0. The number of rotatable bonds is 2. The molecule has 232 valence electrons. The molecule has 0 saturated heterocycles. The fourth-order valence-corrected chi connectivity index (χ4v) is 8.15. The number of para-hydroxylation sites is 1. The molecule has 8 aromatic rings. The van der Waals surface area contributed by atoms with Crippen LogP contribution in [0.2, 0.25) is 0 Å². The third-order valence-electron chi connectivity index (χ3n) is 10.5. The lowest BCUT2D eigenvalue weighted by Crippen LogP contribution is -2.57. The van der Waals surface area contributed by atoms with Crippen LogP contribution < -0.4 is 25.9 Å². The predicted molar refractivity (Wildman–Crippen MR) is 206 cm³/mol. The number of ether oxygens (including phenoxy) is 2. The molecule has 2 aliphatic heterocycles. The second-order valence-electron chi connectivity index (χ2n) is 14.5. The second-order valence-corrected chi connectivity index (χ2v) is 14.5. The number of benzene rings is 8. The Morgan fingerprint density at radius 2 is 0.980 bits per heavy atom. The van der Waals surface area contributed by atoms with E-state index in [0.29, 0.717) is 0 Å². The van der Waals surface area contributed by atoms with E-state index in [-0.39, 0.29) is 12.1 Å². The molecule has 2 nitrogen and oxygen atoms in total. The Balaban J connectivity index is 1.24. The molecular formula is C46H33BO2. The van der Waals surface area contributed by atoms with Gasteiger partial charge in [0.2, 0.25) is 0 Å². The van der Waals surface area contributed by atoms with Crippen LogP contribution in [0.15, 0.2) is 146 Å². The van der Waals surface area contributed by atoms with Gasteiger partial charge in [0.25, 0.3) is 6.71 Å². The lowest BCUT2D eigenvalue weighted by atomic mass is 9.34. The van der Waals surface area contributed by atoms with Crippen molar-refractivity contribution in [2.24, 2.45) is 0 Å². The normalized spacial score (nSPS) is 13.1. The monoisotopic (exact) mass is 628 g/mol. The van der Waals surface area contributed by atoms with Crippen LogP contribution in [0.1, 0.15) is 26.3 Å². The van der Waals surface area contributed by atoms with E-state index in [1.807, 2.05) is 0 Å². The van der Waals surface area contributed by atoms with Gasteiger partial charge in [0.05, 0.1) is 0 Å². The van der Waals surface area contributed by atoms with Gasteiger partial charge in [0.1, 0.15) is 23.0 Å². The molecule has 2 heterocycles. The first-order chi connectivity index (χ1) is 23.9. The van der Waals surface area contributed by atoms with Crippen molar-refractivity contribution in [3.8, 4) is 45.3 Å². The lowest BCUT2D eigenvalue weighted by Gasteiger charge is -2.34. The smallest absolute Gasteiger partial charge is 0.260 e. The van der Waals surface area contributed by atoms with Gasteiger partial charge in [-0.1, -0.05) is 136 Å². The molecule has 0 spiro atoms. The summed E-state index contributed by atoms with van der Waals surface area (Å²) in [6.45, 7) is 6.82. The lowest BCUT2D eigenvalue weighted by molar-refractivity contribution is 0.464. The summed E-state index contributed by atoms with van der Waals surface area (Å²) >= 11 is 0. The van der Waals surface area contributed by atoms with Crippen molar-refractivity contribution in [3.05, 3.63) is 151 Å².